The lowest BCUT2D eigenvalue weighted by molar-refractivity contribution is 0.310. The Hall–Kier alpha value is -5.46. The molecule has 0 saturated heterocycles. The van der Waals surface area contributed by atoms with Gasteiger partial charge >= 0.3 is 0 Å². The average molecular weight is 626 g/mol. The second kappa shape index (κ2) is 12.3. The fraction of sp³-hybridized carbons (Fsp3) is 0.143. The van der Waals surface area contributed by atoms with Crippen LogP contribution in [0.1, 0.15) is 27.7 Å². The summed E-state index contributed by atoms with van der Waals surface area (Å²) in [4.78, 5) is 7.55. The van der Waals surface area contributed by atoms with Gasteiger partial charge in [-0.25, -0.2) is 0 Å². The monoisotopic (exact) mass is 625 g/mol. The molecule has 2 N–H and O–H groups in total. The number of hydrogen-bond acceptors (Lipinski definition) is 5. The summed E-state index contributed by atoms with van der Waals surface area (Å²) in [6, 6.07) is 52.8. The third kappa shape index (κ3) is 5.01. The molecule has 0 spiro atoms. The minimum atomic E-state index is -0.0774. The molecule has 0 atom stereocenters. The molecular formula is C42H40BN5. The molecule has 0 unspecified atom stereocenters. The second-order valence-electron chi connectivity index (χ2n) is 13.2. The summed E-state index contributed by atoms with van der Waals surface area (Å²) in [7, 11) is 0. The van der Waals surface area contributed by atoms with Crippen molar-refractivity contribution in [2.75, 3.05) is 20.4 Å². The van der Waals surface area contributed by atoms with Crippen LogP contribution < -0.4 is 31.4 Å². The highest BCUT2D eigenvalue weighted by atomic mass is 15.2. The highest BCUT2D eigenvalue weighted by molar-refractivity contribution is 6.85. The zero-order valence-corrected chi connectivity index (χ0v) is 27.9. The van der Waals surface area contributed by atoms with Crippen molar-refractivity contribution in [1.82, 2.24) is 4.81 Å². The van der Waals surface area contributed by atoms with Crippen molar-refractivity contribution in [1.29, 1.82) is 0 Å². The maximum absolute atomic E-state index is 3.81. The van der Waals surface area contributed by atoms with E-state index in [-0.39, 0.29) is 18.9 Å². The fourth-order valence-electron chi connectivity index (χ4n) is 7.72. The zero-order chi connectivity index (χ0) is 32.8. The van der Waals surface area contributed by atoms with Gasteiger partial charge in [0.2, 0.25) is 0 Å². The van der Waals surface area contributed by atoms with Gasteiger partial charge in [-0.15, -0.1) is 0 Å². The first-order valence-electron chi connectivity index (χ1n) is 17.0. The first-order chi connectivity index (χ1) is 23.5. The van der Waals surface area contributed by atoms with Crippen molar-refractivity contribution in [2.45, 2.75) is 39.8 Å². The van der Waals surface area contributed by atoms with Gasteiger partial charge in [0.05, 0.1) is 45.5 Å². The van der Waals surface area contributed by atoms with Crippen LogP contribution in [-0.2, 0) is 0 Å². The van der Waals surface area contributed by atoms with Gasteiger partial charge in [0.1, 0.15) is 0 Å². The van der Waals surface area contributed by atoms with Crippen LogP contribution >= 0.6 is 0 Å². The van der Waals surface area contributed by atoms with Gasteiger partial charge in [-0.3, -0.25) is 0 Å². The Balaban J connectivity index is 1.43. The fourth-order valence-corrected chi connectivity index (χ4v) is 7.72. The number of hydrogen-bond donors (Lipinski definition) is 2. The minimum absolute atomic E-state index is 0.0774. The van der Waals surface area contributed by atoms with E-state index in [1.807, 2.05) is 0 Å². The predicted octanol–water partition coefficient (Wildman–Crippen LogP) is 9.96. The lowest BCUT2D eigenvalue weighted by Gasteiger charge is -2.43. The maximum atomic E-state index is 3.81. The third-order valence-electron chi connectivity index (χ3n) is 9.52. The van der Waals surface area contributed by atoms with Crippen LogP contribution in [0.15, 0.2) is 146 Å². The summed E-state index contributed by atoms with van der Waals surface area (Å²) in [5.41, 5.74) is 13.8. The number of benzene rings is 6. The normalized spacial score (nSPS) is 13.0. The van der Waals surface area contributed by atoms with Gasteiger partial charge in [-0.1, -0.05) is 113 Å². The van der Waals surface area contributed by atoms with Crippen molar-refractivity contribution in [3.63, 3.8) is 0 Å². The van der Waals surface area contributed by atoms with E-state index in [4.69, 9.17) is 0 Å². The Labute approximate surface area is 284 Å². The predicted molar refractivity (Wildman–Crippen MR) is 206 cm³/mol. The van der Waals surface area contributed by atoms with Gasteiger partial charge in [0.25, 0.3) is 6.85 Å². The van der Waals surface area contributed by atoms with Crippen molar-refractivity contribution >= 4 is 74.6 Å². The molecule has 6 heteroatoms. The SMILES string of the molecule is CC(C)N(B(c1cccc2c1N(c1ccccc1)c1ccccc1N2)c1cccc2c1N(c1ccccc1)c1ccccc1N2)C(C)C. The second-order valence-corrected chi connectivity index (χ2v) is 13.2. The van der Waals surface area contributed by atoms with Crippen molar-refractivity contribution in [3.8, 4) is 0 Å². The maximum Gasteiger partial charge on any atom is 0.296 e. The highest BCUT2D eigenvalue weighted by Gasteiger charge is 2.40. The molecule has 6 aromatic carbocycles. The highest BCUT2D eigenvalue weighted by Crippen LogP contribution is 2.49. The molecule has 236 valence electrons. The number of para-hydroxylation sites is 8. The van der Waals surface area contributed by atoms with Crippen LogP contribution in [0.3, 0.4) is 0 Å². The molecule has 0 bridgehead atoms. The van der Waals surface area contributed by atoms with Crippen LogP contribution in [0.2, 0.25) is 0 Å². The third-order valence-corrected chi connectivity index (χ3v) is 9.52. The lowest BCUT2D eigenvalue weighted by Crippen LogP contribution is -2.62. The summed E-state index contributed by atoms with van der Waals surface area (Å²) < 4.78 is 0. The molecule has 0 saturated carbocycles. The number of nitrogens with zero attached hydrogens (tertiary/aromatic N) is 3. The molecule has 5 nitrogen and oxygen atoms in total. The molecule has 48 heavy (non-hydrogen) atoms. The Morgan fingerprint density at radius 1 is 0.438 bits per heavy atom. The molecule has 0 amide bonds. The molecule has 0 aliphatic carbocycles. The van der Waals surface area contributed by atoms with E-state index in [1.165, 1.54) is 22.3 Å². The zero-order valence-electron chi connectivity index (χ0n) is 27.9. The van der Waals surface area contributed by atoms with Gasteiger partial charge < -0.3 is 25.2 Å². The Bertz CT molecular complexity index is 1930. The first-order valence-corrected chi connectivity index (χ1v) is 17.0. The van der Waals surface area contributed by atoms with Crippen molar-refractivity contribution < 1.29 is 0 Å². The van der Waals surface area contributed by atoms with Gasteiger partial charge in [-0.05, 0) is 83.7 Å². The summed E-state index contributed by atoms with van der Waals surface area (Å²) in [6.45, 7) is 9.21. The van der Waals surface area contributed by atoms with Gasteiger partial charge in [0.15, 0.2) is 0 Å². The summed E-state index contributed by atoms with van der Waals surface area (Å²) in [5, 5.41) is 7.62. The number of fused-ring (bicyclic) bond motifs is 4. The smallest absolute Gasteiger partial charge is 0.296 e. The molecule has 0 radical (unpaired) electrons. The molecule has 8 rings (SSSR count). The summed E-state index contributed by atoms with van der Waals surface area (Å²) in [5.74, 6) is 0. The van der Waals surface area contributed by atoms with Gasteiger partial charge in [-0.2, -0.15) is 0 Å². The van der Waals surface area contributed by atoms with E-state index in [0.717, 1.165) is 45.5 Å². The van der Waals surface area contributed by atoms with E-state index in [2.05, 4.69) is 199 Å². The largest absolute Gasteiger partial charge is 0.352 e. The quantitative estimate of drug-likeness (QED) is 0.172. The molecule has 2 heterocycles. The molecular weight excluding hydrogens is 585 g/mol. The molecule has 6 aromatic rings. The molecule has 2 aliphatic heterocycles. The van der Waals surface area contributed by atoms with Crippen LogP contribution in [-0.4, -0.2) is 23.7 Å². The number of rotatable bonds is 7. The van der Waals surface area contributed by atoms with Crippen LogP contribution in [0, 0.1) is 0 Å². The van der Waals surface area contributed by atoms with Gasteiger partial charge in [0, 0.05) is 11.4 Å². The minimum Gasteiger partial charge on any atom is -0.352 e. The van der Waals surface area contributed by atoms with E-state index >= 15 is 0 Å². The average Bonchev–Trinajstić information content (AvgIpc) is 3.11. The summed E-state index contributed by atoms with van der Waals surface area (Å²) in [6.07, 6.45) is 0. The van der Waals surface area contributed by atoms with E-state index in [0.29, 0.717) is 0 Å². The molecule has 0 aromatic heterocycles. The van der Waals surface area contributed by atoms with Crippen LogP contribution in [0.25, 0.3) is 0 Å². The van der Waals surface area contributed by atoms with Crippen molar-refractivity contribution in [3.05, 3.63) is 146 Å². The standard InChI is InChI=1S/C42H40BN5/c1-29(2)48(30(3)4)43(33-21-15-25-37-41(33)46(31-17-7-5-8-18-31)39-27-13-11-23-35(39)44-37)34-22-16-26-38-42(34)47(32-19-9-6-10-20-32)40-28-14-12-24-36(40)45-38/h5-30,44-45H,1-4H3. The Morgan fingerprint density at radius 2 is 0.812 bits per heavy atom. The lowest BCUT2D eigenvalue weighted by atomic mass is 9.46. The van der Waals surface area contributed by atoms with Crippen LogP contribution in [0.5, 0.6) is 0 Å². The van der Waals surface area contributed by atoms with Crippen molar-refractivity contribution in [2.24, 2.45) is 0 Å². The van der Waals surface area contributed by atoms with E-state index in [1.54, 1.807) is 0 Å². The first kappa shape index (κ1) is 29.9. The topological polar surface area (TPSA) is 33.8 Å². The van der Waals surface area contributed by atoms with E-state index < -0.39 is 0 Å². The Morgan fingerprint density at radius 3 is 1.23 bits per heavy atom. The number of anilines is 10. The Kier molecular flexibility index (Phi) is 7.66. The molecule has 0 fully saturated rings. The van der Waals surface area contributed by atoms with Crippen LogP contribution in [0.4, 0.5) is 56.9 Å². The molecule has 2 aliphatic rings. The van der Waals surface area contributed by atoms with E-state index in [9.17, 15) is 0 Å². The number of nitrogens with one attached hydrogen (secondary N) is 2. The summed E-state index contributed by atoms with van der Waals surface area (Å²) >= 11 is 0.